The first-order chi connectivity index (χ1) is 14.0. The Balaban J connectivity index is 1.44. The van der Waals surface area contributed by atoms with Crippen molar-refractivity contribution in [1.82, 2.24) is 14.7 Å². The molecule has 1 fully saturated rings. The minimum atomic E-state index is 0.108. The standard InChI is InChI=1S/C24H28N4O/c1-18-8-7-9-21(16-18)17-26-12-14-27(15-13-26)24(29)23-19(2)25-28(20(23)3)22-10-5-4-6-11-22/h4-11,16H,12-15,17H2,1-3H3/p+1. The van der Waals surface area contributed by atoms with Gasteiger partial charge in [-0.2, -0.15) is 5.10 Å². The zero-order chi connectivity index (χ0) is 20.4. The molecule has 0 atom stereocenters. The SMILES string of the molecule is Cc1cccc(C[NH+]2CCN(C(=O)c3c(C)nn(-c4ccccc4)c3C)CC2)c1. The van der Waals surface area contributed by atoms with E-state index in [4.69, 9.17) is 0 Å². The van der Waals surface area contributed by atoms with Crippen LogP contribution in [0.15, 0.2) is 54.6 Å². The van der Waals surface area contributed by atoms with Crippen molar-refractivity contribution in [3.05, 3.63) is 82.7 Å². The third-order valence-corrected chi connectivity index (χ3v) is 5.80. The highest BCUT2D eigenvalue weighted by Gasteiger charge is 2.28. The van der Waals surface area contributed by atoms with Gasteiger partial charge >= 0.3 is 0 Å². The van der Waals surface area contributed by atoms with E-state index in [0.717, 1.165) is 55.4 Å². The highest BCUT2D eigenvalue weighted by molar-refractivity contribution is 5.96. The molecule has 5 heteroatoms. The molecular formula is C24H29N4O+. The van der Waals surface area contributed by atoms with Crippen LogP contribution >= 0.6 is 0 Å². The summed E-state index contributed by atoms with van der Waals surface area (Å²) in [5, 5.41) is 4.64. The number of nitrogens with one attached hydrogen (secondary N) is 1. The molecule has 1 aromatic heterocycles. The Kier molecular flexibility index (Phi) is 5.49. The summed E-state index contributed by atoms with van der Waals surface area (Å²) >= 11 is 0. The molecule has 2 aromatic carbocycles. The van der Waals surface area contributed by atoms with Crippen molar-refractivity contribution in [2.45, 2.75) is 27.3 Å². The average molecular weight is 390 g/mol. The minimum absolute atomic E-state index is 0.108. The van der Waals surface area contributed by atoms with Crippen LogP contribution in [0.5, 0.6) is 0 Å². The number of amides is 1. The molecule has 0 radical (unpaired) electrons. The van der Waals surface area contributed by atoms with Gasteiger partial charge in [-0.1, -0.05) is 48.0 Å². The number of benzene rings is 2. The van der Waals surface area contributed by atoms with Crippen molar-refractivity contribution >= 4 is 5.91 Å². The normalized spacial score (nSPS) is 14.9. The number of piperazine rings is 1. The third-order valence-electron chi connectivity index (χ3n) is 5.80. The van der Waals surface area contributed by atoms with Crippen LogP contribution < -0.4 is 4.90 Å². The van der Waals surface area contributed by atoms with Gasteiger partial charge in [0.2, 0.25) is 0 Å². The van der Waals surface area contributed by atoms with E-state index in [1.54, 1.807) is 0 Å². The highest BCUT2D eigenvalue weighted by Crippen LogP contribution is 2.19. The quantitative estimate of drug-likeness (QED) is 0.744. The first-order valence-electron chi connectivity index (χ1n) is 10.3. The van der Waals surface area contributed by atoms with Gasteiger partial charge in [0.25, 0.3) is 5.91 Å². The van der Waals surface area contributed by atoms with E-state index in [-0.39, 0.29) is 5.91 Å². The van der Waals surface area contributed by atoms with Gasteiger partial charge in [-0.3, -0.25) is 4.79 Å². The zero-order valence-corrected chi connectivity index (χ0v) is 17.5. The predicted molar refractivity (Wildman–Crippen MR) is 115 cm³/mol. The Bertz CT molecular complexity index is 1000. The van der Waals surface area contributed by atoms with Crippen LogP contribution in [0.2, 0.25) is 0 Å². The lowest BCUT2D eigenvalue weighted by atomic mass is 10.1. The number of hydrogen-bond acceptors (Lipinski definition) is 2. The Morgan fingerprint density at radius 1 is 1.00 bits per heavy atom. The van der Waals surface area contributed by atoms with Crippen LogP contribution in [0.25, 0.3) is 5.69 Å². The summed E-state index contributed by atoms with van der Waals surface area (Å²) in [7, 11) is 0. The van der Waals surface area contributed by atoms with Crippen LogP contribution in [0.1, 0.15) is 32.9 Å². The molecule has 150 valence electrons. The van der Waals surface area contributed by atoms with Crippen molar-refractivity contribution in [1.29, 1.82) is 0 Å². The minimum Gasteiger partial charge on any atom is -0.328 e. The second kappa shape index (κ2) is 8.21. The fraction of sp³-hybridized carbons (Fsp3) is 0.333. The molecule has 4 rings (SSSR count). The smallest absolute Gasteiger partial charge is 0.258 e. The lowest BCUT2D eigenvalue weighted by Gasteiger charge is -2.32. The van der Waals surface area contributed by atoms with E-state index in [0.29, 0.717) is 0 Å². The Labute approximate surface area is 172 Å². The van der Waals surface area contributed by atoms with Gasteiger partial charge in [-0.25, -0.2) is 4.68 Å². The summed E-state index contributed by atoms with van der Waals surface area (Å²) in [5.41, 5.74) is 6.11. The second-order valence-electron chi connectivity index (χ2n) is 8.00. The van der Waals surface area contributed by atoms with Crippen molar-refractivity contribution < 1.29 is 9.69 Å². The summed E-state index contributed by atoms with van der Waals surface area (Å²) in [6.45, 7) is 10.6. The fourth-order valence-corrected chi connectivity index (χ4v) is 4.24. The van der Waals surface area contributed by atoms with Gasteiger partial charge < -0.3 is 9.80 Å². The van der Waals surface area contributed by atoms with Crippen molar-refractivity contribution in [3.63, 3.8) is 0 Å². The Morgan fingerprint density at radius 3 is 2.41 bits per heavy atom. The summed E-state index contributed by atoms with van der Waals surface area (Å²) < 4.78 is 1.88. The number of aromatic nitrogens is 2. The van der Waals surface area contributed by atoms with Crippen LogP contribution in [0.4, 0.5) is 0 Å². The van der Waals surface area contributed by atoms with E-state index in [1.165, 1.54) is 16.0 Å². The summed E-state index contributed by atoms with van der Waals surface area (Å²) in [6.07, 6.45) is 0. The lowest BCUT2D eigenvalue weighted by Crippen LogP contribution is -3.13. The molecule has 1 aliphatic rings. The van der Waals surface area contributed by atoms with E-state index in [9.17, 15) is 4.79 Å². The van der Waals surface area contributed by atoms with Crippen molar-refractivity contribution in [2.75, 3.05) is 26.2 Å². The van der Waals surface area contributed by atoms with E-state index >= 15 is 0 Å². The van der Waals surface area contributed by atoms with Gasteiger partial charge in [0.05, 0.1) is 48.8 Å². The monoisotopic (exact) mass is 389 g/mol. The topological polar surface area (TPSA) is 42.6 Å². The molecule has 1 aliphatic heterocycles. The van der Waals surface area contributed by atoms with Gasteiger partial charge in [0.15, 0.2) is 0 Å². The first kappa shape index (κ1) is 19.4. The largest absolute Gasteiger partial charge is 0.328 e. The maximum Gasteiger partial charge on any atom is 0.258 e. The van der Waals surface area contributed by atoms with Gasteiger partial charge in [-0.15, -0.1) is 0 Å². The number of para-hydroxylation sites is 1. The maximum absolute atomic E-state index is 13.3. The molecule has 1 N–H and O–H groups in total. The molecule has 0 bridgehead atoms. The van der Waals surface area contributed by atoms with Crippen molar-refractivity contribution in [2.24, 2.45) is 0 Å². The number of rotatable bonds is 4. The molecule has 2 heterocycles. The molecule has 5 nitrogen and oxygen atoms in total. The molecule has 0 aliphatic carbocycles. The molecule has 3 aromatic rings. The molecule has 0 spiro atoms. The zero-order valence-electron chi connectivity index (χ0n) is 17.5. The van der Waals surface area contributed by atoms with Gasteiger partial charge in [0, 0.05) is 5.56 Å². The van der Waals surface area contributed by atoms with Gasteiger partial charge in [0.1, 0.15) is 6.54 Å². The molecule has 0 saturated carbocycles. The van der Waals surface area contributed by atoms with E-state index < -0.39 is 0 Å². The summed E-state index contributed by atoms with van der Waals surface area (Å²) in [6, 6.07) is 18.7. The highest BCUT2D eigenvalue weighted by atomic mass is 16.2. The fourth-order valence-electron chi connectivity index (χ4n) is 4.24. The summed E-state index contributed by atoms with van der Waals surface area (Å²) in [5.74, 6) is 0.108. The Hall–Kier alpha value is -2.92. The third kappa shape index (κ3) is 4.10. The maximum atomic E-state index is 13.3. The number of quaternary nitrogens is 1. The molecule has 1 saturated heterocycles. The average Bonchev–Trinajstić information content (AvgIpc) is 3.03. The lowest BCUT2D eigenvalue weighted by molar-refractivity contribution is -0.917. The van der Waals surface area contributed by atoms with E-state index in [2.05, 4.69) is 36.3 Å². The van der Waals surface area contributed by atoms with E-state index in [1.807, 2.05) is 53.8 Å². The number of hydrogen-bond donors (Lipinski definition) is 1. The first-order valence-corrected chi connectivity index (χ1v) is 10.3. The molecule has 29 heavy (non-hydrogen) atoms. The second-order valence-corrected chi connectivity index (χ2v) is 8.00. The van der Waals surface area contributed by atoms with Crippen LogP contribution in [-0.4, -0.2) is 46.8 Å². The number of aryl methyl sites for hydroxylation is 2. The van der Waals surface area contributed by atoms with Crippen LogP contribution in [0.3, 0.4) is 0 Å². The van der Waals surface area contributed by atoms with Crippen LogP contribution in [0, 0.1) is 20.8 Å². The number of carbonyl (C=O) groups excluding carboxylic acids is 1. The van der Waals surface area contributed by atoms with Gasteiger partial charge in [-0.05, 0) is 32.9 Å². The van der Waals surface area contributed by atoms with Crippen molar-refractivity contribution in [3.8, 4) is 5.69 Å². The number of carbonyl (C=O) groups is 1. The molecule has 1 amide bonds. The Morgan fingerprint density at radius 2 is 1.72 bits per heavy atom. The predicted octanol–water partition coefficient (Wildman–Crippen LogP) is 2.34. The number of nitrogens with zero attached hydrogens (tertiary/aromatic N) is 3. The molecular weight excluding hydrogens is 360 g/mol. The summed E-state index contributed by atoms with van der Waals surface area (Å²) in [4.78, 5) is 16.8. The van der Waals surface area contributed by atoms with Crippen LogP contribution in [-0.2, 0) is 6.54 Å². The molecule has 0 unspecified atom stereocenters.